The minimum Gasteiger partial charge on any atom is -0.489 e. The summed E-state index contributed by atoms with van der Waals surface area (Å²) in [6.07, 6.45) is 3.60. The quantitative estimate of drug-likeness (QED) is 0.304. The van der Waals surface area contributed by atoms with Gasteiger partial charge in [-0.3, -0.25) is 0 Å². The molecule has 0 spiro atoms. The second-order valence-electron chi connectivity index (χ2n) is 7.30. The van der Waals surface area contributed by atoms with Gasteiger partial charge in [-0.15, -0.1) is 24.0 Å². The molecule has 6 nitrogen and oxygen atoms in total. The van der Waals surface area contributed by atoms with Crippen LogP contribution in [0.3, 0.4) is 0 Å². The van der Waals surface area contributed by atoms with Gasteiger partial charge in [-0.25, -0.2) is 4.99 Å². The lowest BCUT2D eigenvalue weighted by atomic mass is 10.1. The van der Waals surface area contributed by atoms with Gasteiger partial charge in [0.15, 0.2) is 5.96 Å². The molecule has 3 rings (SSSR count). The van der Waals surface area contributed by atoms with E-state index in [2.05, 4.69) is 23.6 Å². The van der Waals surface area contributed by atoms with Crippen molar-refractivity contribution >= 4 is 29.9 Å². The Morgan fingerprint density at radius 3 is 2.90 bits per heavy atom. The third-order valence-electron chi connectivity index (χ3n) is 4.66. The van der Waals surface area contributed by atoms with E-state index in [9.17, 15) is 0 Å². The van der Waals surface area contributed by atoms with Gasteiger partial charge in [-0.1, -0.05) is 12.1 Å². The van der Waals surface area contributed by atoms with Gasteiger partial charge in [0.2, 0.25) is 0 Å². The number of nitrogens with zero attached hydrogens (tertiary/aromatic N) is 1. The number of halogens is 1. The molecular formula is C22H32IN3O3. The maximum atomic E-state index is 5.99. The first kappa shape index (κ1) is 23.5. The van der Waals surface area contributed by atoms with Crippen molar-refractivity contribution in [2.24, 2.45) is 10.9 Å². The summed E-state index contributed by atoms with van der Waals surface area (Å²) in [5, 5.41) is 6.84. The highest BCUT2D eigenvalue weighted by molar-refractivity contribution is 14.0. The van der Waals surface area contributed by atoms with Crippen LogP contribution >= 0.6 is 24.0 Å². The van der Waals surface area contributed by atoms with Gasteiger partial charge in [-0.05, 0) is 50.1 Å². The highest BCUT2D eigenvalue weighted by Crippen LogP contribution is 2.14. The number of benzene rings is 1. The lowest BCUT2D eigenvalue weighted by molar-refractivity contribution is 0.186. The predicted octanol–water partition coefficient (Wildman–Crippen LogP) is 3.79. The molecule has 2 N–H and O–H groups in total. The van der Waals surface area contributed by atoms with Crippen molar-refractivity contribution in [1.29, 1.82) is 0 Å². The first-order valence-corrected chi connectivity index (χ1v) is 10.0. The third-order valence-corrected chi connectivity index (χ3v) is 4.66. The van der Waals surface area contributed by atoms with Crippen molar-refractivity contribution < 1.29 is 13.9 Å². The van der Waals surface area contributed by atoms with Gasteiger partial charge in [-0.2, -0.15) is 0 Å². The molecule has 2 aromatic rings. The van der Waals surface area contributed by atoms with E-state index >= 15 is 0 Å². The largest absolute Gasteiger partial charge is 0.489 e. The summed E-state index contributed by atoms with van der Waals surface area (Å²) in [6.45, 7) is 7.97. The van der Waals surface area contributed by atoms with Crippen LogP contribution in [0, 0.1) is 12.8 Å². The van der Waals surface area contributed by atoms with E-state index in [0.717, 1.165) is 56.6 Å². The van der Waals surface area contributed by atoms with Crippen molar-refractivity contribution in [1.82, 2.24) is 10.6 Å². The summed E-state index contributed by atoms with van der Waals surface area (Å²) in [5.41, 5.74) is 1.19. The molecule has 0 saturated carbocycles. The molecule has 160 valence electrons. The van der Waals surface area contributed by atoms with Crippen LogP contribution in [0.4, 0.5) is 0 Å². The van der Waals surface area contributed by atoms with E-state index in [0.29, 0.717) is 12.5 Å². The van der Waals surface area contributed by atoms with Crippen LogP contribution in [-0.2, 0) is 11.2 Å². The second kappa shape index (κ2) is 12.7. The van der Waals surface area contributed by atoms with Gasteiger partial charge in [0.05, 0.1) is 19.4 Å². The molecule has 7 heteroatoms. The minimum atomic E-state index is -0.0136. The van der Waals surface area contributed by atoms with E-state index in [1.807, 2.05) is 37.3 Å². The molecule has 1 saturated heterocycles. The molecule has 1 aromatic carbocycles. The molecule has 0 bridgehead atoms. The average molecular weight is 513 g/mol. The van der Waals surface area contributed by atoms with E-state index < -0.39 is 0 Å². The summed E-state index contributed by atoms with van der Waals surface area (Å²) in [5.74, 6) is 3.19. The lowest BCUT2D eigenvalue weighted by Crippen LogP contribution is -2.41. The molecule has 1 aliphatic heterocycles. The van der Waals surface area contributed by atoms with Crippen LogP contribution in [0.15, 0.2) is 52.1 Å². The number of ether oxygens (including phenoxy) is 2. The molecule has 1 fully saturated rings. The van der Waals surface area contributed by atoms with Gasteiger partial charge < -0.3 is 24.5 Å². The zero-order valence-corrected chi connectivity index (χ0v) is 19.6. The molecule has 2 atom stereocenters. The molecule has 1 aliphatic rings. The fourth-order valence-electron chi connectivity index (χ4n) is 3.10. The SMILES string of the molecule is Cc1cccc(OC(C)CN=C(NCCc2ccco2)NCC2CCOC2)c1.I. The van der Waals surface area contributed by atoms with Crippen LogP contribution < -0.4 is 15.4 Å². The topological polar surface area (TPSA) is 68.0 Å². The molecule has 29 heavy (non-hydrogen) atoms. The van der Waals surface area contributed by atoms with Crippen molar-refractivity contribution in [3.63, 3.8) is 0 Å². The van der Waals surface area contributed by atoms with Gasteiger partial charge >= 0.3 is 0 Å². The van der Waals surface area contributed by atoms with Crippen molar-refractivity contribution in [3.05, 3.63) is 54.0 Å². The Morgan fingerprint density at radius 2 is 2.17 bits per heavy atom. The second-order valence-corrected chi connectivity index (χ2v) is 7.30. The Labute approximate surface area is 190 Å². The smallest absolute Gasteiger partial charge is 0.191 e. The van der Waals surface area contributed by atoms with Crippen molar-refractivity contribution in [3.8, 4) is 5.75 Å². The number of nitrogens with one attached hydrogen (secondary N) is 2. The van der Waals surface area contributed by atoms with Crippen LogP contribution in [-0.4, -0.2) is 44.9 Å². The van der Waals surface area contributed by atoms with Gasteiger partial charge in [0.25, 0.3) is 0 Å². The number of aliphatic imine (C=N–C) groups is 1. The normalized spacial score (nSPS) is 17.4. The Balaban J connectivity index is 0.00000300. The van der Waals surface area contributed by atoms with E-state index in [-0.39, 0.29) is 30.1 Å². The zero-order valence-electron chi connectivity index (χ0n) is 17.2. The Bertz CT molecular complexity index is 731. The van der Waals surface area contributed by atoms with Crippen molar-refractivity contribution in [2.75, 3.05) is 32.8 Å². The van der Waals surface area contributed by atoms with Crippen LogP contribution in [0.1, 0.15) is 24.7 Å². The van der Waals surface area contributed by atoms with E-state index in [1.165, 1.54) is 5.56 Å². The lowest BCUT2D eigenvalue weighted by Gasteiger charge is -2.17. The van der Waals surface area contributed by atoms with Crippen molar-refractivity contribution in [2.45, 2.75) is 32.8 Å². The number of hydrogen-bond donors (Lipinski definition) is 2. The monoisotopic (exact) mass is 513 g/mol. The Kier molecular flexibility index (Phi) is 10.3. The summed E-state index contributed by atoms with van der Waals surface area (Å²) in [4.78, 5) is 4.72. The molecule has 0 radical (unpaired) electrons. The maximum absolute atomic E-state index is 5.99. The first-order chi connectivity index (χ1) is 13.7. The number of guanidine groups is 1. The highest BCUT2D eigenvalue weighted by atomic mass is 127. The Morgan fingerprint density at radius 1 is 1.28 bits per heavy atom. The van der Waals surface area contributed by atoms with Gasteiger partial charge in [0.1, 0.15) is 17.6 Å². The molecule has 0 amide bonds. The molecule has 1 aromatic heterocycles. The molecule has 0 aliphatic carbocycles. The number of hydrogen-bond acceptors (Lipinski definition) is 4. The van der Waals surface area contributed by atoms with E-state index in [4.69, 9.17) is 18.9 Å². The van der Waals surface area contributed by atoms with Gasteiger partial charge in [0, 0.05) is 32.0 Å². The minimum absolute atomic E-state index is 0. The van der Waals surface area contributed by atoms with Crippen LogP contribution in [0.25, 0.3) is 0 Å². The summed E-state index contributed by atoms with van der Waals surface area (Å²) in [6, 6.07) is 12.0. The summed E-state index contributed by atoms with van der Waals surface area (Å²) >= 11 is 0. The van der Waals surface area contributed by atoms with Crippen LogP contribution in [0.5, 0.6) is 5.75 Å². The molecular weight excluding hydrogens is 481 g/mol. The molecule has 2 heterocycles. The number of furan rings is 1. The zero-order chi connectivity index (χ0) is 19.6. The third kappa shape index (κ3) is 8.65. The Hall–Kier alpha value is -1.74. The highest BCUT2D eigenvalue weighted by Gasteiger charge is 2.16. The number of aryl methyl sites for hydroxylation is 1. The summed E-state index contributed by atoms with van der Waals surface area (Å²) < 4.78 is 16.8. The van der Waals surface area contributed by atoms with E-state index in [1.54, 1.807) is 6.26 Å². The number of rotatable bonds is 9. The first-order valence-electron chi connectivity index (χ1n) is 10.0. The fourth-order valence-corrected chi connectivity index (χ4v) is 3.10. The van der Waals surface area contributed by atoms with Crippen LogP contribution in [0.2, 0.25) is 0 Å². The molecule has 2 unspecified atom stereocenters. The summed E-state index contributed by atoms with van der Waals surface area (Å²) in [7, 11) is 0. The fraction of sp³-hybridized carbons (Fsp3) is 0.500. The average Bonchev–Trinajstić information content (AvgIpc) is 3.37. The standard InChI is InChI=1S/C22H31N3O3.HI/c1-17-5-3-6-21(13-17)28-18(2)14-24-22(25-15-19-9-12-26-16-19)23-10-8-20-7-4-11-27-20;/h3-7,11,13,18-19H,8-10,12,14-16H2,1-2H3,(H2,23,24,25);1H. The predicted molar refractivity (Wildman–Crippen MR) is 126 cm³/mol. The maximum Gasteiger partial charge on any atom is 0.191 e.